The number of hydrogen-bond acceptors (Lipinski definition) is 3. The summed E-state index contributed by atoms with van der Waals surface area (Å²) in [5, 5.41) is 3.23. The Morgan fingerprint density at radius 3 is 2.64 bits per heavy atom. The van der Waals surface area contributed by atoms with Gasteiger partial charge in [-0.2, -0.15) is 0 Å². The third-order valence-electron chi connectivity index (χ3n) is 3.54. The second-order valence-corrected chi connectivity index (χ2v) is 6.71. The Bertz CT molecular complexity index is 715. The topological polar surface area (TPSA) is 46.2 Å². The monoisotopic (exact) mass is 331 g/mol. The number of halogens is 1. The van der Waals surface area contributed by atoms with E-state index in [4.69, 9.17) is 11.6 Å². The van der Waals surface area contributed by atoms with E-state index >= 15 is 0 Å². The third-order valence-corrected chi connectivity index (χ3v) is 5.01. The van der Waals surface area contributed by atoms with Crippen LogP contribution in [0.2, 0.25) is 5.02 Å². The number of fused-ring (bicyclic) bond motifs is 1. The Kier molecular flexibility index (Phi) is 4.50. The fraction of sp³-hybridized carbons (Fsp3) is 0.176. The van der Waals surface area contributed by atoms with E-state index in [1.807, 2.05) is 24.3 Å². The van der Waals surface area contributed by atoms with E-state index in [9.17, 15) is 9.59 Å². The SMILES string of the molecule is O=C1CSC(C(=O)Nc2ccc(Cl)cc2)Cc2ccccc21. The van der Waals surface area contributed by atoms with Gasteiger partial charge in [-0.15, -0.1) is 11.8 Å². The summed E-state index contributed by atoms with van der Waals surface area (Å²) >= 11 is 7.23. The van der Waals surface area contributed by atoms with Crippen molar-refractivity contribution in [1.82, 2.24) is 0 Å². The predicted molar refractivity (Wildman–Crippen MR) is 90.8 cm³/mol. The zero-order valence-corrected chi connectivity index (χ0v) is 13.3. The molecule has 0 aliphatic carbocycles. The number of benzene rings is 2. The van der Waals surface area contributed by atoms with Gasteiger partial charge in [-0.3, -0.25) is 9.59 Å². The average Bonchev–Trinajstić information content (AvgIpc) is 2.69. The van der Waals surface area contributed by atoms with Crippen LogP contribution in [0, 0.1) is 0 Å². The average molecular weight is 332 g/mol. The van der Waals surface area contributed by atoms with Crippen molar-refractivity contribution >= 4 is 40.7 Å². The molecule has 22 heavy (non-hydrogen) atoms. The Balaban J connectivity index is 1.76. The van der Waals surface area contributed by atoms with Crippen molar-refractivity contribution in [2.45, 2.75) is 11.7 Å². The van der Waals surface area contributed by atoms with Gasteiger partial charge in [0, 0.05) is 16.3 Å². The summed E-state index contributed by atoms with van der Waals surface area (Å²) in [5.74, 6) is 0.328. The summed E-state index contributed by atoms with van der Waals surface area (Å²) in [6, 6.07) is 14.5. The summed E-state index contributed by atoms with van der Waals surface area (Å²) < 4.78 is 0. The van der Waals surface area contributed by atoms with Gasteiger partial charge in [-0.05, 0) is 36.2 Å². The fourth-order valence-electron chi connectivity index (χ4n) is 2.41. The summed E-state index contributed by atoms with van der Waals surface area (Å²) in [6.07, 6.45) is 0.562. The van der Waals surface area contributed by atoms with Crippen molar-refractivity contribution in [2.75, 3.05) is 11.1 Å². The normalized spacial score (nSPS) is 17.5. The summed E-state index contributed by atoms with van der Waals surface area (Å²) in [6.45, 7) is 0. The molecule has 112 valence electrons. The maximum atomic E-state index is 12.4. The minimum atomic E-state index is -0.275. The lowest BCUT2D eigenvalue weighted by Crippen LogP contribution is -2.27. The highest BCUT2D eigenvalue weighted by molar-refractivity contribution is 8.01. The van der Waals surface area contributed by atoms with Crippen LogP contribution in [0.1, 0.15) is 15.9 Å². The number of amides is 1. The first kappa shape index (κ1) is 15.1. The highest BCUT2D eigenvalue weighted by Gasteiger charge is 2.26. The van der Waals surface area contributed by atoms with Gasteiger partial charge in [-0.25, -0.2) is 0 Å². The number of thioether (sulfide) groups is 1. The number of rotatable bonds is 2. The molecule has 3 nitrogen and oxygen atoms in total. The maximum Gasteiger partial charge on any atom is 0.237 e. The standard InChI is InChI=1S/C17H14ClNO2S/c18-12-5-7-13(8-6-12)19-17(21)16-9-11-3-1-2-4-14(11)15(20)10-22-16/h1-8,16H,9-10H2,(H,19,21). The lowest BCUT2D eigenvalue weighted by atomic mass is 10.00. The molecule has 1 amide bonds. The zero-order chi connectivity index (χ0) is 15.5. The minimum absolute atomic E-state index is 0.0855. The van der Waals surface area contributed by atoms with E-state index in [-0.39, 0.29) is 16.9 Å². The summed E-state index contributed by atoms with van der Waals surface area (Å²) in [4.78, 5) is 24.5. The maximum absolute atomic E-state index is 12.4. The molecule has 0 bridgehead atoms. The van der Waals surface area contributed by atoms with Gasteiger partial charge in [0.15, 0.2) is 5.78 Å². The van der Waals surface area contributed by atoms with Crippen LogP contribution in [0.5, 0.6) is 0 Å². The molecule has 2 aromatic carbocycles. The smallest absolute Gasteiger partial charge is 0.237 e. The number of Topliss-reactive ketones (excluding diaryl/α,β-unsaturated/α-hetero) is 1. The number of ketones is 1. The van der Waals surface area contributed by atoms with Crippen molar-refractivity contribution in [2.24, 2.45) is 0 Å². The summed E-state index contributed by atoms with van der Waals surface area (Å²) in [5.41, 5.74) is 2.38. The molecule has 1 unspecified atom stereocenters. The number of nitrogens with one attached hydrogen (secondary N) is 1. The van der Waals surface area contributed by atoms with Crippen LogP contribution in [0.4, 0.5) is 5.69 Å². The van der Waals surface area contributed by atoms with Crippen molar-refractivity contribution in [1.29, 1.82) is 0 Å². The number of hydrogen-bond donors (Lipinski definition) is 1. The van der Waals surface area contributed by atoms with Crippen molar-refractivity contribution in [3.63, 3.8) is 0 Å². The molecule has 5 heteroatoms. The molecule has 0 fully saturated rings. The molecule has 1 aliphatic rings. The Morgan fingerprint density at radius 1 is 1.14 bits per heavy atom. The van der Waals surface area contributed by atoms with E-state index in [1.165, 1.54) is 11.8 Å². The number of carbonyl (C=O) groups excluding carboxylic acids is 2. The highest BCUT2D eigenvalue weighted by atomic mass is 35.5. The van der Waals surface area contributed by atoms with E-state index in [2.05, 4.69) is 5.32 Å². The first-order valence-electron chi connectivity index (χ1n) is 6.92. The largest absolute Gasteiger partial charge is 0.325 e. The van der Waals surface area contributed by atoms with E-state index in [1.54, 1.807) is 24.3 Å². The van der Waals surface area contributed by atoms with Crippen LogP contribution >= 0.6 is 23.4 Å². The Morgan fingerprint density at radius 2 is 1.86 bits per heavy atom. The Hall–Kier alpha value is -1.78. The third kappa shape index (κ3) is 3.34. The molecule has 1 aliphatic heterocycles. The van der Waals surface area contributed by atoms with Gasteiger partial charge in [0.05, 0.1) is 11.0 Å². The van der Waals surface area contributed by atoms with Crippen molar-refractivity contribution in [3.05, 3.63) is 64.7 Å². The van der Waals surface area contributed by atoms with E-state index in [0.717, 1.165) is 11.1 Å². The quantitative estimate of drug-likeness (QED) is 0.910. The van der Waals surface area contributed by atoms with E-state index < -0.39 is 0 Å². The van der Waals surface area contributed by atoms with Crippen LogP contribution in [-0.4, -0.2) is 22.7 Å². The van der Waals surface area contributed by atoms with Gasteiger partial charge in [0.1, 0.15) is 0 Å². The number of carbonyl (C=O) groups is 2. The van der Waals surface area contributed by atoms with Gasteiger partial charge in [0.25, 0.3) is 0 Å². The van der Waals surface area contributed by atoms with Crippen LogP contribution in [0.25, 0.3) is 0 Å². The highest BCUT2D eigenvalue weighted by Crippen LogP contribution is 2.26. The molecule has 1 N–H and O–H groups in total. The van der Waals surface area contributed by atoms with Gasteiger partial charge < -0.3 is 5.32 Å². The molecule has 1 heterocycles. The van der Waals surface area contributed by atoms with Crippen molar-refractivity contribution < 1.29 is 9.59 Å². The predicted octanol–water partition coefficient (Wildman–Crippen LogP) is 3.82. The molecular formula is C17H14ClNO2S. The zero-order valence-electron chi connectivity index (χ0n) is 11.7. The molecule has 1 atom stereocenters. The first-order chi connectivity index (χ1) is 10.6. The lowest BCUT2D eigenvalue weighted by molar-refractivity contribution is -0.115. The molecule has 0 saturated carbocycles. The van der Waals surface area contributed by atoms with E-state index in [0.29, 0.717) is 22.9 Å². The van der Waals surface area contributed by atoms with Gasteiger partial charge in [-0.1, -0.05) is 35.9 Å². The van der Waals surface area contributed by atoms with Crippen molar-refractivity contribution in [3.8, 4) is 0 Å². The Labute approximate surface area is 138 Å². The minimum Gasteiger partial charge on any atom is -0.325 e. The van der Waals surface area contributed by atoms with Crippen LogP contribution < -0.4 is 5.32 Å². The molecule has 0 radical (unpaired) electrons. The van der Waals surface area contributed by atoms with Gasteiger partial charge >= 0.3 is 0 Å². The fourth-order valence-corrected chi connectivity index (χ4v) is 3.55. The van der Waals surface area contributed by atoms with Gasteiger partial charge in [0.2, 0.25) is 5.91 Å². The van der Waals surface area contributed by atoms with Crippen LogP contribution in [0.15, 0.2) is 48.5 Å². The van der Waals surface area contributed by atoms with Crippen LogP contribution in [-0.2, 0) is 11.2 Å². The lowest BCUT2D eigenvalue weighted by Gasteiger charge is -2.14. The number of anilines is 1. The molecule has 3 rings (SSSR count). The van der Waals surface area contributed by atoms with Crippen LogP contribution in [0.3, 0.4) is 0 Å². The molecule has 0 aromatic heterocycles. The second kappa shape index (κ2) is 6.55. The second-order valence-electron chi connectivity index (χ2n) is 5.08. The summed E-state index contributed by atoms with van der Waals surface area (Å²) in [7, 11) is 0. The molecule has 0 spiro atoms. The first-order valence-corrected chi connectivity index (χ1v) is 8.35. The molecule has 2 aromatic rings. The molecular weight excluding hydrogens is 318 g/mol. The molecule has 0 saturated heterocycles.